The second kappa shape index (κ2) is 11.9. The molecule has 0 spiro atoms. The summed E-state index contributed by atoms with van der Waals surface area (Å²) >= 11 is 0. The first-order valence-corrected chi connectivity index (χ1v) is 12.7. The Labute approximate surface area is 226 Å². The first-order chi connectivity index (χ1) is 18.6. The van der Waals surface area contributed by atoms with Gasteiger partial charge in [0.1, 0.15) is 5.92 Å². The standard InChI is InChI=1S/C29H31N3O7/c1-16(2)26(27(35)25-17(3)28(36)32-29(25)37)31-24(34)14-20(19-7-5-4-6-8-19)30-23(33)12-10-18-9-11-21-22(13-18)39-15-38-21/h4-13,16-17,20,25-26H,14-15H2,1-3H3,(H,30,33)(H,31,34)(H,32,36,37)/t17-,20-,25+,26-/m0/s1. The van der Waals surface area contributed by atoms with E-state index in [1.807, 2.05) is 6.07 Å². The third-order valence-electron chi connectivity index (χ3n) is 6.77. The predicted octanol–water partition coefficient (Wildman–Crippen LogP) is 2.29. The van der Waals surface area contributed by atoms with Gasteiger partial charge in [-0.2, -0.15) is 0 Å². The summed E-state index contributed by atoms with van der Waals surface area (Å²) in [5.41, 5.74) is 1.45. The third kappa shape index (κ3) is 6.51. The molecule has 0 radical (unpaired) electrons. The van der Waals surface area contributed by atoms with E-state index in [1.54, 1.807) is 62.4 Å². The molecule has 10 nitrogen and oxygen atoms in total. The SMILES string of the molecule is CC(C)[C@H](NC(=O)C[C@H](NC(=O)C=Cc1ccc2c(c1)OCO2)c1ccccc1)C(=O)[C@@H]1C(=O)NC(=O)[C@H]1C. The van der Waals surface area contributed by atoms with E-state index in [0.717, 1.165) is 5.56 Å². The highest BCUT2D eigenvalue weighted by Gasteiger charge is 2.46. The minimum absolute atomic E-state index is 0.143. The van der Waals surface area contributed by atoms with E-state index in [1.165, 1.54) is 13.0 Å². The van der Waals surface area contributed by atoms with Crippen LogP contribution in [-0.2, 0) is 24.0 Å². The van der Waals surface area contributed by atoms with Crippen LogP contribution in [0.4, 0.5) is 0 Å². The van der Waals surface area contributed by atoms with Gasteiger partial charge in [-0.15, -0.1) is 0 Å². The zero-order valence-electron chi connectivity index (χ0n) is 21.9. The highest BCUT2D eigenvalue weighted by atomic mass is 16.7. The van der Waals surface area contributed by atoms with Crippen LogP contribution in [0.25, 0.3) is 6.08 Å². The van der Waals surface area contributed by atoms with Crippen LogP contribution in [0.15, 0.2) is 54.6 Å². The van der Waals surface area contributed by atoms with Crippen LogP contribution in [0.3, 0.4) is 0 Å². The molecule has 3 N–H and O–H groups in total. The monoisotopic (exact) mass is 533 g/mol. The van der Waals surface area contributed by atoms with Gasteiger partial charge in [0.05, 0.1) is 24.4 Å². The maximum absolute atomic E-state index is 13.2. The minimum Gasteiger partial charge on any atom is -0.454 e. The second-order valence-electron chi connectivity index (χ2n) is 9.93. The highest BCUT2D eigenvalue weighted by molar-refractivity contribution is 6.16. The fourth-order valence-electron chi connectivity index (χ4n) is 4.59. The lowest BCUT2D eigenvalue weighted by Gasteiger charge is -2.25. The lowest BCUT2D eigenvalue weighted by molar-refractivity contribution is -0.137. The topological polar surface area (TPSA) is 140 Å². The largest absolute Gasteiger partial charge is 0.454 e. The highest BCUT2D eigenvalue weighted by Crippen LogP contribution is 2.32. The molecule has 4 rings (SSSR count). The van der Waals surface area contributed by atoms with Crippen molar-refractivity contribution in [3.63, 3.8) is 0 Å². The van der Waals surface area contributed by atoms with Crippen LogP contribution in [-0.4, -0.2) is 42.2 Å². The van der Waals surface area contributed by atoms with Crippen molar-refractivity contribution in [1.82, 2.24) is 16.0 Å². The van der Waals surface area contributed by atoms with Crippen LogP contribution in [0.1, 0.15) is 44.4 Å². The maximum Gasteiger partial charge on any atom is 0.244 e. The molecule has 0 aliphatic carbocycles. The van der Waals surface area contributed by atoms with E-state index in [2.05, 4.69) is 16.0 Å². The number of carbonyl (C=O) groups is 5. The first kappa shape index (κ1) is 27.6. The van der Waals surface area contributed by atoms with Crippen LogP contribution < -0.4 is 25.4 Å². The predicted molar refractivity (Wildman–Crippen MR) is 141 cm³/mol. The number of rotatable bonds is 10. The summed E-state index contributed by atoms with van der Waals surface area (Å²) < 4.78 is 10.7. The molecular formula is C29H31N3O7. The van der Waals surface area contributed by atoms with Crippen molar-refractivity contribution in [1.29, 1.82) is 0 Å². The van der Waals surface area contributed by atoms with Crippen LogP contribution in [0.2, 0.25) is 0 Å². The summed E-state index contributed by atoms with van der Waals surface area (Å²) in [6.07, 6.45) is 2.85. The quantitative estimate of drug-likeness (QED) is 0.242. The molecule has 10 heteroatoms. The van der Waals surface area contributed by atoms with Gasteiger partial charge < -0.3 is 20.1 Å². The Morgan fingerprint density at radius 2 is 1.72 bits per heavy atom. The summed E-state index contributed by atoms with van der Waals surface area (Å²) in [6.45, 7) is 5.16. The molecule has 2 aliphatic heterocycles. The number of fused-ring (bicyclic) bond motifs is 1. The molecule has 2 heterocycles. The number of hydrogen-bond donors (Lipinski definition) is 3. The molecule has 204 valence electrons. The normalized spacial score (nSPS) is 19.6. The molecule has 1 saturated heterocycles. The average Bonchev–Trinajstić information content (AvgIpc) is 3.48. The Kier molecular flexibility index (Phi) is 8.43. The molecule has 39 heavy (non-hydrogen) atoms. The molecule has 2 aliphatic rings. The van der Waals surface area contributed by atoms with E-state index >= 15 is 0 Å². The van der Waals surface area contributed by atoms with E-state index < -0.39 is 53.3 Å². The van der Waals surface area contributed by atoms with E-state index in [9.17, 15) is 24.0 Å². The fraction of sp³-hybridized carbons (Fsp3) is 0.345. The van der Waals surface area contributed by atoms with Gasteiger partial charge in [-0.1, -0.05) is 57.2 Å². The number of ketones is 1. The lowest BCUT2D eigenvalue weighted by atomic mass is 9.85. The molecule has 0 unspecified atom stereocenters. The van der Waals surface area contributed by atoms with E-state index in [-0.39, 0.29) is 19.1 Å². The van der Waals surface area contributed by atoms with Crippen molar-refractivity contribution in [2.75, 3.05) is 6.79 Å². The van der Waals surface area contributed by atoms with Gasteiger partial charge >= 0.3 is 0 Å². The molecule has 2 aromatic carbocycles. The Balaban J connectivity index is 1.44. The van der Waals surface area contributed by atoms with E-state index in [0.29, 0.717) is 17.1 Å². The summed E-state index contributed by atoms with van der Waals surface area (Å²) in [6, 6.07) is 12.7. The number of imide groups is 1. The average molecular weight is 534 g/mol. The van der Waals surface area contributed by atoms with Gasteiger partial charge in [0.2, 0.25) is 30.4 Å². The molecule has 0 aromatic heterocycles. The zero-order valence-corrected chi connectivity index (χ0v) is 21.9. The number of benzene rings is 2. The number of nitrogens with one attached hydrogen (secondary N) is 3. The smallest absolute Gasteiger partial charge is 0.244 e. The molecule has 0 saturated carbocycles. The van der Waals surface area contributed by atoms with Crippen molar-refractivity contribution >= 4 is 35.5 Å². The number of hydrogen-bond acceptors (Lipinski definition) is 7. The first-order valence-electron chi connectivity index (χ1n) is 12.7. The van der Waals surface area contributed by atoms with Gasteiger partial charge in [-0.25, -0.2) is 0 Å². The minimum atomic E-state index is -1.16. The molecule has 4 atom stereocenters. The number of amides is 4. The number of carbonyl (C=O) groups excluding carboxylic acids is 5. The third-order valence-corrected chi connectivity index (χ3v) is 6.77. The Bertz CT molecular complexity index is 1310. The van der Waals surface area contributed by atoms with Crippen molar-refractivity contribution < 1.29 is 33.4 Å². The summed E-state index contributed by atoms with van der Waals surface area (Å²) in [4.78, 5) is 63.2. The summed E-state index contributed by atoms with van der Waals surface area (Å²) in [7, 11) is 0. The summed E-state index contributed by atoms with van der Waals surface area (Å²) in [5.74, 6) is -3.62. The molecule has 4 amide bonds. The molecule has 0 bridgehead atoms. The van der Waals surface area contributed by atoms with Crippen molar-refractivity contribution in [3.8, 4) is 11.5 Å². The Hall–Kier alpha value is -4.47. The van der Waals surface area contributed by atoms with Gasteiger partial charge in [0.25, 0.3) is 0 Å². The number of ether oxygens (including phenoxy) is 2. The molecule has 1 fully saturated rings. The van der Waals surface area contributed by atoms with Crippen molar-refractivity contribution in [3.05, 3.63) is 65.7 Å². The lowest BCUT2D eigenvalue weighted by Crippen LogP contribution is -2.49. The van der Waals surface area contributed by atoms with Gasteiger partial charge in [0.15, 0.2) is 17.3 Å². The fourth-order valence-corrected chi connectivity index (χ4v) is 4.59. The van der Waals surface area contributed by atoms with E-state index in [4.69, 9.17) is 9.47 Å². The Morgan fingerprint density at radius 3 is 2.38 bits per heavy atom. The molecular weight excluding hydrogens is 502 g/mol. The van der Waals surface area contributed by atoms with Gasteiger partial charge in [0, 0.05) is 6.08 Å². The van der Waals surface area contributed by atoms with Gasteiger partial charge in [-0.05, 0) is 35.3 Å². The summed E-state index contributed by atoms with van der Waals surface area (Å²) in [5, 5.41) is 7.76. The zero-order chi connectivity index (χ0) is 28.1. The van der Waals surface area contributed by atoms with Crippen LogP contribution in [0.5, 0.6) is 11.5 Å². The van der Waals surface area contributed by atoms with Crippen molar-refractivity contribution in [2.24, 2.45) is 17.8 Å². The Morgan fingerprint density at radius 1 is 1.00 bits per heavy atom. The van der Waals surface area contributed by atoms with Crippen LogP contribution in [0, 0.1) is 17.8 Å². The van der Waals surface area contributed by atoms with Gasteiger partial charge in [-0.3, -0.25) is 29.3 Å². The second-order valence-corrected chi connectivity index (χ2v) is 9.93. The van der Waals surface area contributed by atoms with Crippen molar-refractivity contribution in [2.45, 2.75) is 39.3 Å². The number of Topliss-reactive ketones (excluding diaryl/α,β-unsaturated/α-hetero) is 1. The van der Waals surface area contributed by atoms with Crippen LogP contribution >= 0.6 is 0 Å². The molecule has 2 aromatic rings. The maximum atomic E-state index is 13.2.